The molecule has 0 aliphatic heterocycles. The molecule has 0 atom stereocenters. The van der Waals surface area contributed by atoms with Crippen LogP contribution in [0, 0.1) is 0 Å². The van der Waals surface area contributed by atoms with Gasteiger partial charge in [-0.1, -0.05) is 134 Å². The molecule has 8 heteroatoms. The Bertz CT molecular complexity index is 962. The molecule has 0 saturated heterocycles. The lowest BCUT2D eigenvalue weighted by Crippen LogP contribution is -2.42. The van der Waals surface area contributed by atoms with Crippen molar-refractivity contribution < 1.29 is 19.1 Å². The summed E-state index contributed by atoms with van der Waals surface area (Å²) >= 11 is 0. The van der Waals surface area contributed by atoms with E-state index in [0.29, 0.717) is 38.9 Å². The predicted molar refractivity (Wildman–Crippen MR) is 181 cm³/mol. The van der Waals surface area contributed by atoms with E-state index in [1.807, 2.05) is 0 Å². The molecular weight excluding hydrogens is 561 g/mol. The molecule has 2 rings (SSSR count). The first-order chi connectivity index (χ1) is 18.8. The fourth-order valence-corrected chi connectivity index (χ4v) is 11.3. The maximum atomic E-state index is 12.1. The van der Waals surface area contributed by atoms with Crippen LogP contribution >= 0.6 is 0 Å². The fraction of sp³-hybridized carbons (Fsp3) is 0.562. The van der Waals surface area contributed by atoms with Gasteiger partial charge >= 0.3 is 11.9 Å². The van der Waals surface area contributed by atoms with E-state index in [0.717, 1.165) is 24.9 Å². The molecule has 0 aliphatic rings. The third-order valence-electron chi connectivity index (χ3n) is 7.92. The van der Waals surface area contributed by atoms with Crippen molar-refractivity contribution in [1.29, 1.82) is 0 Å². The number of carbonyl (C=O) groups is 2. The molecule has 0 bridgehead atoms. The highest BCUT2D eigenvalue weighted by Crippen LogP contribution is 2.14. The van der Waals surface area contributed by atoms with Crippen molar-refractivity contribution in [2.75, 3.05) is 13.2 Å². The van der Waals surface area contributed by atoms with Gasteiger partial charge in [0.1, 0.15) is 0 Å². The lowest BCUT2D eigenvalue weighted by atomic mass is 10.2. The van der Waals surface area contributed by atoms with Gasteiger partial charge in [0.15, 0.2) is 0 Å². The van der Waals surface area contributed by atoms with Gasteiger partial charge in [-0.3, -0.25) is 9.59 Å². The van der Waals surface area contributed by atoms with Gasteiger partial charge in [-0.05, 0) is 25.7 Å². The van der Waals surface area contributed by atoms with E-state index in [1.165, 1.54) is 20.7 Å². The zero-order valence-corrected chi connectivity index (χ0v) is 30.3. The van der Waals surface area contributed by atoms with Gasteiger partial charge in [0, 0.05) is 12.8 Å². The molecule has 2 aromatic rings. The van der Waals surface area contributed by atoms with Crippen molar-refractivity contribution in [3.8, 4) is 0 Å². The van der Waals surface area contributed by atoms with Crippen molar-refractivity contribution in [3.63, 3.8) is 0 Å². The summed E-state index contributed by atoms with van der Waals surface area (Å²) in [5.41, 5.74) is 0. The Morgan fingerprint density at radius 1 is 0.575 bits per heavy atom. The molecule has 0 aliphatic carbocycles. The minimum absolute atomic E-state index is 0.159. The number of ether oxygens (including phenoxy) is 2. The summed E-state index contributed by atoms with van der Waals surface area (Å²) in [6.45, 7) is 19.8. The van der Waals surface area contributed by atoms with Crippen molar-refractivity contribution in [2.45, 2.75) is 103 Å². The summed E-state index contributed by atoms with van der Waals surface area (Å²) in [5, 5.41) is 5.90. The first-order valence-electron chi connectivity index (χ1n) is 15.0. The summed E-state index contributed by atoms with van der Waals surface area (Å²) in [6.07, 6.45) is 3.86. The fourth-order valence-electron chi connectivity index (χ4n) is 4.88. The number of hydrogen-bond acceptors (Lipinski definition) is 4. The predicted octanol–water partition coefficient (Wildman–Crippen LogP) is 5.57. The largest absolute Gasteiger partial charge is 0.466 e. The van der Waals surface area contributed by atoms with Gasteiger partial charge in [-0.15, -0.1) is 0 Å². The van der Waals surface area contributed by atoms with Crippen LogP contribution in [0.25, 0.3) is 0 Å². The number of esters is 2. The molecule has 0 aromatic heterocycles. The third-order valence-corrected chi connectivity index (χ3v) is 17.9. The quantitative estimate of drug-likeness (QED) is 0.133. The van der Waals surface area contributed by atoms with Gasteiger partial charge in [0.05, 0.1) is 47.0 Å². The van der Waals surface area contributed by atoms with E-state index in [2.05, 4.69) is 101 Å². The summed E-state index contributed by atoms with van der Waals surface area (Å²) in [7, 11) is -3.87. The van der Waals surface area contributed by atoms with Crippen LogP contribution in [0.15, 0.2) is 48.5 Å². The molecule has 0 heterocycles. The van der Waals surface area contributed by atoms with Crippen LogP contribution in [-0.2, 0) is 19.1 Å². The number of rotatable bonds is 17. The SMILES string of the molecule is C[Si](C)c1ccc([Si](C)(C)CCCOC(=O)CCCCC(=O)OCCC[Si](C)(C)c2ccc([Si](C)C)cc2)cc1. The standard InChI is InChI=1S/C32H52O4Si4/c1-37(2)27-15-19-29(20-16-27)39(5,6)25-11-23-35-31(33)13-9-10-14-32(34)36-24-12-26-40(7,8)30-21-17-28(18-22-30)38(3)4/h15-22H,9-14,23-26H2,1-8H3. The normalized spacial score (nSPS) is 12.2. The Morgan fingerprint density at radius 2 is 0.900 bits per heavy atom. The first kappa shape index (κ1) is 34.4. The van der Waals surface area contributed by atoms with Crippen LogP contribution in [0.3, 0.4) is 0 Å². The van der Waals surface area contributed by atoms with Gasteiger partial charge in [-0.2, -0.15) is 0 Å². The summed E-state index contributed by atoms with van der Waals surface area (Å²) in [5.74, 6) is -0.318. The zero-order valence-electron chi connectivity index (χ0n) is 26.3. The summed E-state index contributed by atoms with van der Waals surface area (Å²) in [6, 6.07) is 20.6. The summed E-state index contributed by atoms with van der Waals surface area (Å²) in [4.78, 5) is 24.3. The molecule has 4 nitrogen and oxygen atoms in total. The number of hydrogen-bond donors (Lipinski definition) is 0. The minimum Gasteiger partial charge on any atom is -0.466 e. The summed E-state index contributed by atoms with van der Waals surface area (Å²) < 4.78 is 10.9. The Morgan fingerprint density at radius 3 is 1.20 bits per heavy atom. The number of benzene rings is 2. The van der Waals surface area contributed by atoms with Crippen molar-refractivity contribution in [1.82, 2.24) is 0 Å². The third kappa shape index (κ3) is 12.0. The molecule has 0 spiro atoms. The molecule has 40 heavy (non-hydrogen) atoms. The average Bonchev–Trinajstić information content (AvgIpc) is 2.91. The Balaban J connectivity index is 1.54. The van der Waals surface area contributed by atoms with Crippen LogP contribution in [0.4, 0.5) is 0 Å². The van der Waals surface area contributed by atoms with Crippen molar-refractivity contribution >= 4 is 66.4 Å². The van der Waals surface area contributed by atoms with Gasteiger partial charge in [0.2, 0.25) is 0 Å². The van der Waals surface area contributed by atoms with E-state index in [9.17, 15) is 9.59 Å². The topological polar surface area (TPSA) is 52.6 Å². The van der Waals surface area contributed by atoms with E-state index >= 15 is 0 Å². The lowest BCUT2D eigenvalue weighted by molar-refractivity contribution is -0.145. The highest BCUT2D eigenvalue weighted by molar-refractivity contribution is 6.90. The molecule has 0 amide bonds. The van der Waals surface area contributed by atoms with Gasteiger partial charge in [-0.25, -0.2) is 0 Å². The molecular formula is C32H52O4Si4. The van der Waals surface area contributed by atoms with Gasteiger partial charge < -0.3 is 9.47 Å². The second-order valence-corrected chi connectivity index (χ2v) is 27.6. The van der Waals surface area contributed by atoms with Crippen LogP contribution in [0.2, 0.25) is 64.5 Å². The van der Waals surface area contributed by atoms with Crippen LogP contribution in [0.1, 0.15) is 38.5 Å². The van der Waals surface area contributed by atoms with Crippen LogP contribution in [-0.4, -0.2) is 58.9 Å². The number of unbranched alkanes of at least 4 members (excludes halogenated alkanes) is 1. The minimum atomic E-state index is -1.53. The van der Waals surface area contributed by atoms with Crippen LogP contribution in [0.5, 0.6) is 0 Å². The van der Waals surface area contributed by atoms with E-state index in [-0.39, 0.29) is 11.9 Å². The second-order valence-electron chi connectivity index (χ2n) is 12.8. The zero-order chi connectivity index (χ0) is 29.8. The van der Waals surface area contributed by atoms with E-state index in [1.54, 1.807) is 0 Å². The first-order valence-corrected chi connectivity index (χ1v) is 26.4. The molecule has 0 N–H and O–H groups in total. The highest BCUT2D eigenvalue weighted by Gasteiger charge is 2.24. The molecule has 0 fully saturated rings. The molecule has 2 radical (unpaired) electrons. The second kappa shape index (κ2) is 16.6. The van der Waals surface area contributed by atoms with Crippen molar-refractivity contribution in [2.24, 2.45) is 0 Å². The Kier molecular flexibility index (Phi) is 14.3. The monoisotopic (exact) mass is 612 g/mol. The lowest BCUT2D eigenvalue weighted by Gasteiger charge is -2.23. The highest BCUT2D eigenvalue weighted by atomic mass is 28.3. The molecule has 0 saturated carbocycles. The maximum Gasteiger partial charge on any atom is 0.305 e. The maximum absolute atomic E-state index is 12.1. The smallest absolute Gasteiger partial charge is 0.305 e. The molecule has 0 unspecified atom stereocenters. The van der Waals surface area contributed by atoms with Gasteiger partial charge in [0.25, 0.3) is 0 Å². The average molecular weight is 613 g/mol. The van der Waals surface area contributed by atoms with Crippen LogP contribution < -0.4 is 20.7 Å². The van der Waals surface area contributed by atoms with E-state index < -0.39 is 33.7 Å². The van der Waals surface area contributed by atoms with E-state index in [4.69, 9.17) is 9.47 Å². The Labute approximate surface area is 249 Å². The number of carbonyl (C=O) groups excluding carboxylic acids is 2. The molecule has 2 aromatic carbocycles. The van der Waals surface area contributed by atoms with Crippen molar-refractivity contribution in [3.05, 3.63) is 48.5 Å². The Hall–Kier alpha value is -1.75. The molecule has 220 valence electrons.